The van der Waals surface area contributed by atoms with Crippen LogP contribution in [0.5, 0.6) is 0 Å². The Morgan fingerprint density at radius 3 is 2.26 bits per heavy atom. The third-order valence-electron chi connectivity index (χ3n) is 4.89. The number of urea groups is 1. The maximum atomic E-state index is 12.5. The predicted octanol–water partition coefficient (Wildman–Crippen LogP) is 1.53. The van der Waals surface area contributed by atoms with E-state index in [4.69, 9.17) is 0 Å². The zero-order chi connectivity index (χ0) is 14.2. The van der Waals surface area contributed by atoms with E-state index in [-0.39, 0.29) is 11.9 Å². The van der Waals surface area contributed by atoms with E-state index in [9.17, 15) is 9.59 Å². The summed E-state index contributed by atoms with van der Waals surface area (Å²) in [5, 5.41) is 0. The Kier molecular flexibility index (Phi) is 3.85. The molecule has 19 heavy (non-hydrogen) atoms. The van der Waals surface area contributed by atoms with Gasteiger partial charge in [0.1, 0.15) is 5.54 Å². The summed E-state index contributed by atoms with van der Waals surface area (Å²) in [5.41, 5.74) is -0.565. The first-order valence-corrected chi connectivity index (χ1v) is 7.31. The molecule has 0 aromatic carbocycles. The van der Waals surface area contributed by atoms with E-state index < -0.39 is 5.54 Å². The topological polar surface area (TPSA) is 43.9 Å². The van der Waals surface area contributed by atoms with Crippen molar-refractivity contribution < 1.29 is 9.59 Å². The standard InChI is InChI=1S/C14H25N3O2/c1-5-11(3)16-9-7-14(8-10-16)12(18)15(4)13(19)17(14)6-2/h11H,5-10H2,1-4H3/t11-/m1/s1. The molecule has 0 radical (unpaired) electrons. The van der Waals surface area contributed by atoms with Crippen molar-refractivity contribution >= 4 is 11.9 Å². The lowest BCUT2D eigenvalue weighted by Crippen LogP contribution is -2.57. The second kappa shape index (κ2) is 5.12. The number of likely N-dealkylation sites (N-methyl/N-ethyl adjacent to an activating group) is 2. The Bertz CT molecular complexity index is 375. The number of imide groups is 1. The van der Waals surface area contributed by atoms with Crippen molar-refractivity contribution in [3.05, 3.63) is 0 Å². The van der Waals surface area contributed by atoms with Gasteiger partial charge in [0.15, 0.2) is 0 Å². The van der Waals surface area contributed by atoms with Crippen LogP contribution in [0.2, 0.25) is 0 Å². The highest BCUT2D eigenvalue weighted by Gasteiger charge is 2.56. The van der Waals surface area contributed by atoms with Gasteiger partial charge in [0.05, 0.1) is 0 Å². The van der Waals surface area contributed by atoms with Crippen molar-refractivity contribution in [2.45, 2.75) is 51.6 Å². The number of nitrogens with zero attached hydrogens (tertiary/aromatic N) is 3. The third-order valence-corrected chi connectivity index (χ3v) is 4.89. The van der Waals surface area contributed by atoms with Gasteiger partial charge < -0.3 is 9.80 Å². The van der Waals surface area contributed by atoms with Gasteiger partial charge in [-0.25, -0.2) is 4.79 Å². The van der Waals surface area contributed by atoms with E-state index in [1.54, 1.807) is 11.9 Å². The first kappa shape index (κ1) is 14.3. The van der Waals surface area contributed by atoms with Gasteiger partial charge in [0.2, 0.25) is 0 Å². The first-order chi connectivity index (χ1) is 8.97. The van der Waals surface area contributed by atoms with Gasteiger partial charge in [0, 0.05) is 32.7 Å². The molecular weight excluding hydrogens is 242 g/mol. The van der Waals surface area contributed by atoms with Crippen LogP contribution in [0.15, 0.2) is 0 Å². The van der Waals surface area contributed by atoms with Gasteiger partial charge in [-0.15, -0.1) is 0 Å². The van der Waals surface area contributed by atoms with Crippen LogP contribution in [0.3, 0.4) is 0 Å². The lowest BCUT2D eigenvalue weighted by molar-refractivity contribution is -0.135. The number of carbonyl (C=O) groups is 2. The average Bonchev–Trinajstić information content (AvgIpc) is 2.61. The molecule has 1 spiro atoms. The number of rotatable bonds is 3. The van der Waals surface area contributed by atoms with Gasteiger partial charge >= 0.3 is 6.03 Å². The molecule has 2 saturated heterocycles. The molecule has 2 fully saturated rings. The quantitative estimate of drug-likeness (QED) is 0.728. The predicted molar refractivity (Wildman–Crippen MR) is 73.8 cm³/mol. The molecule has 0 N–H and O–H groups in total. The summed E-state index contributed by atoms with van der Waals surface area (Å²) in [6.07, 6.45) is 2.65. The number of likely N-dealkylation sites (tertiary alicyclic amines) is 1. The number of amides is 3. The highest BCUT2D eigenvalue weighted by Crippen LogP contribution is 2.36. The second-order valence-corrected chi connectivity index (χ2v) is 5.72. The normalized spacial score (nSPS) is 25.5. The highest BCUT2D eigenvalue weighted by atomic mass is 16.2. The molecule has 2 rings (SSSR count). The van der Waals surface area contributed by atoms with Crippen LogP contribution in [0.1, 0.15) is 40.0 Å². The molecule has 2 aliphatic rings. The molecule has 0 aliphatic carbocycles. The van der Waals surface area contributed by atoms with Crippen LogP contribution >= 0.6 is 0 Å². The monoisotopic (exact) mass is 267 g/mol. The van der Waals surface area contributed by atoms with E-state index in [0.717, 1.165) is 32.4 Å². The number of hydrogen-bond acceptors (Lipinski definition) is 3. The van der Waals surface area contributed by atoms with Gasteiger partial charge in [-0.3, -0.25) is 9.69 Å². The molecule has 0 unspecified atom stereocenters. The van der Waals surface area contributed by atoms with Gasteiger partial charge in [-0.05, 0) is 33.1 Å². The van der Waals surface area contributed by atoms with Gasteiger partial charge in [0.25, 0.3) is 5.91 Å². The molecule has 0 bridgehead atoms. The van der Waals surface area contributed by atoms with Crippen LogP contribution in [-0.2, 0) is 4.79 Å². The van der Waals surface area contributed by atoms with E-state index >= 15 is 0 Å². The summed E-state index contributed by atoms with van der Waals surface area (Å²) >= 11 is 0. The summed E-state index contributed by atoms with van der Waals surface area (Å²) in [6, 6.07) is 0.418. The smallest absolute Gasteiger partial charge is 0.310 e. The average molecular weight is 267 g/mol. The van der Waals surface area contributed by atoms with Crippen molar-refractivity contribution in [3.63, 3.8) is 0 Å². The van der Waals surface area contributed by atoms with E-state index in [1.807, 2.05) is 6.92 Å². The number of carbonyl (C=O) groups excluding carboxylic acids is 2. The maximum absolute atomic E-state index is 12.5. The Morgan fingerprint density at radius 2 is 1.79 bits per heavy atom. The molecule has 3 amide bonds. The SMILES string of the molecule is CC[C@@H](C)N1CCC2(CC1)C(=O)N(C)C(=O)N2CC. The highest BCUT2D eigenvalue weighted by molar-refractivity contribution is 6.06. The molecule has 1 atom stereocenters. The van der Waals surface area contributed by atoms with E-state index in [2.05, 4.69) is 18.7 Å². The lowest BCUT2D eigenvalue weighted by Gasteiger charge is -2.43. The van der Waals surface area contributed by atoms with Crippen LogP contribution in [-0.4, -0.2) is 64.9 Å². The fourth-order valence-corrected chi connectivity index (χ4v) is 3.39. The second-order valence-electron chi connectivity index (χ2n) is 5.72. The largest absolute Gasteiger partial charge is 0.327 e. The Hall–Kier alpha value is -1.10. The van der Waals surface area contributed by atoms with Crippen molar-refractivity contribution in [2.24, 2.45) is 0 Å². The van der Waals surface area contributed by atoms with E-state index in [1.165, 1.54) is 4.90 Å². The molecule has 5 nitrogen and oxygen atoms in total. The third kappa shape index (κ3) is 2.04. The Balaban J connectivity index is 2.16. The summed E-state index contributed by atoms with van der Waals surface area (Å²) in [4.78, 5) is 30.0. The summed E-state index contributed by atoms with van der Waals surface area (Å²) in [7, 11) is 1.60. The molecule has 2 aliphatic heterocycles. The van der Waals surface area contributed by atoms with Crippen molar-refractivity contribution in [1.82, 2.24) is 14.7 Å². The molecule has 5 heteroatoms. The molecule has 0 saturated carbocycles. The molecular formula is C14H25N3O2. The van der Waals surface area contributed by atoms with E-state index in [0.29, 0.717) is 12.6 Å². The minimum atomic E-state index is -0.565. The minimum absolute atomic E-state index is 0.0110. The Morgan fingerprint density at radius 1 is 1.21 bits per heavy atom. The summed E-state index contributed by atoms with van der Waals surface area (Å²) in [5.74, 6) is -0.0110. The molecule has 2 heterocycles. The molecule has 108 valence electrons. The molecule has 0 aromatic rings. The Labute approximate surface area is 115 Å². The number of piperidine rings is 1. The summed E-state index contributed by atoms with van der Waals surface area (Å²) < 4.78 is 0. The lowest BCUT2D eigenvalue weighted by atomic mass is 9.85. The van der Waals surface area contributed by atoms with Gasteiger partial charge in [-0.2, -0.15) is 0 Å². The van der Waals surface area contributed by atoms with Crippen molar-refractivity contribution in [2.75, 3.05) is 26.7 Å². The molecule has 0 aromatic heterocycles. The first-order valence-electron chi connectivity index (χ1n) is 7.31. The van der Waals surface area contributed by atoms with Crippen molar-refractivity contribution in [3.8, 4) is 0 Å². The maximum Gasteiger partial charge on any atom is 0.327 e. The fraction of sp³-hybridized carbons (Fsp3) is 0.857. The van der Waals surface area contributed by atoms with Crippen LogP contribution < -0.4 is 0 Å². The van der Waals surface area contributed by atoms with Crippen LogP contribution in [0.4, 0.5) is 4.79 Å². The zero-order valence-electron chi connectivity index (χ0n) is 12.5. The van der Waals surface area contributed by atoms with Crippen molar-refractivity contribution in [1.29, 1.82) is 0 Å². The summed E-state index contributed by atoms with van der Waals surface area (Å²) in [6.45, 7) is 8.77. The fourth-order valence-electron chi connectivity index (χ4n) is 3.39. The number of hydrogen-bond donors (Lipinski definition) is 0. The van der Waals surface area contributed by atoms with Gasteiger partial charge in [-0.1, -0.05) is 6.92 Å². The van der Waals surface area contributed by atoms with Crippen LogP contribution in [0.25, 0.3) is 0 Å². The minimum Gasteiger partial charge on any atom is -0.310 e. The van der Waals surface area contributed by atoms with Crippen LogP contribution in [0, 0.1) is 0 Å². The zero-order valence-corrected chi connectivity index (χ0v) is 12.5.